The van der Waals surface area contributed by atoms with Crippen LogP contribution in [0.5, 0.6) is 5.75 Å². The molecule has 4 rings (SSSR count). The Morgan fingerprint density at radius 3 is 2.50 bits per heavy atom. The maximum atomic E-state index is 12.5. The van der Waals surface area contributed by atoms with Crippen molar-refractivity contribution in [3.63, 3.8) is 0 Å². The molecule has 4 aromatic rings. The molecule has 1 aromatic heterocycles. The fourth-order valence-corrected chi connectivity index (χ4v) is 4.02. The summed E-state index contributed by atoms with van der Waals surface area (Å²) >= 11 is 5.44. The van der Waals surface area contributed by atoms with Crippen molar-refractivity contribution in [2.45, 2.75) is 32.7 Å². The largest absolute Gasteiger partial charge is 0.573 e. The van der Waals surface area contributed by atoms with E-state index in [0.717, 1.165) is 16.7 Å². The molecule has 0 spiro atoms. The van der Waals surface area contributed by atoms with Crippen molar-refractivity contribution in [2.24, 2.45) is 0 Å². The molecule has 0 fully saturated rings. The number of ether oxygens (including phenoxy) is 1. The Kier molecular flexibility index (Phi) is 8.06. The summed E-state index contributed by atoms with van der Waals surface area (Å²) in [6.45, 7) is 4.38. The fourth-order valence-electron chi connectivity index (χ4n) is 3.74. The lowest BCUT2D eigenvalue weighted by Gasteiger charge is -2.14. The molecule has 11 heteroatoms. The Bertz CT molecular complexity index is 1440. The van der Waals surface area contributed by atoms with Gasteiger partial charge in [-0.2, -0.15) is 0 Å². The number of thiocarbonyl (C=S) groups is 1. The van der Waals surface area contributed by atoms with Crippen molar-refractivity contribution in [2.75, 3.05) is 0 Å². The summed E-state index contributed by atoms with van der Waals surface area (Å²) in [6.07, 6.45) is -3.29. The van der Waals surface area contributed by atoms with E-state index in [1.807, 2.05) is 48.5 Å². The summed E-state index contributed by atoms with van der Waals surface area (Å²) in [5.74, 6) is 0.353. The number of nitrogens with one attached hydrogen (secondary N) is 2. The monoisotopic (exact) mass is 539 g/mol. The summed E-state index contributed by atoms with van der Waals surface area (Å²) in [4.78, 5) is 17.1. The van der Waals surface area contributed by atoms with Gasteiger partial charge in [0.15, 0.2) is 5.82 Å². The third kappa shape index (κ3) is 6.94. The predicted octanol–water partition coefficient (Wildman–Crippen LogP) is 6.13. The van der Waals surface area contributed by atoms with Crippen molar-refractivity contribution >= 4 is 23.2 Å². The molecule has 2 amide bonds. The lowest BCUT2D eigenvalue weighted by Crippen LogP contribution is -2.39. The molecule has 38 heavy (non-hydrogen) atoms. The topological polar surface area (TPSA) is 81.1 Å². The molecule has 0 radical (unpaired) electrons. The Morgan fingerprint density at radius 1 is 1.05 bits per heavy atom. The molecule has 2 N–H and O–H groups in total. The Balaban J connectivity index is 1.38. The van der Waals surface area contributed by atoms with Crippen LogP contribution in [0.15, 0.2) is 79.1 Å². The summed E-state index contributed by atoms with van der Waals surface area (Å²) in [5, 5.41) is 9.94. The number of amides is 2. The van der Waals surface area contributed by atoms with Gasteiger partial charge in [-0.25, -0.2) is 14.5 Å². The molecule has 0 aliphatic heterocycles. The van der Waals surface area contributed by atoms with Crippen molar-refractivity contribution < 1.29 is 22.7 Å². The maximum absolute atomic E-state index is 12.5. The molecule has 196 valence electrons. The van der Waals surface area contributed by atoms with Gasteiger partial charge in [-0.15, -0.1) is 18.3 Å². The second kappa shape index (κ2) is 11.4. The Labute approximate surface area is 222 Å². The van der Waals surface area contributed by atoms with E-state index in [4.69, 9.17) is 12.2 Å². The molecule has 0 saturated heterocycles. The summed E-state index contributed by atoms with van der Waals surface area (Å²) in [5.41, 5.74) is 3.92. The first-order chi connectivity index (χ1) is 18.1. The first kappa shape index (κ1) is 26.8. The van der Waals surface area contributed by atoms with E-state index in [9.17, 15) is 18.0 Å². The quantitative estimate of drug-likeness (QED) is 0.276. The number of aromatic nitrogens is 3. The number of urea groups is 1. The minimum atomic E-state index is -4.76. The number of benzene rings is 3. The second-order valence-electron chi connectivity index (χ2n) is 8.63. The van der Waals surface area contributed by atoms with Crippen molar-refractivity contribution in [1.29, 1.82) is 0 Å². The number of alkyl halides is 3. The minimum absolute atomic E-state index is 0.246. The van der Waals surface area contributed by atoms with E-state index < -0.39 is 12.4 Å². The molecular weight excluding hydrogens is 515 g/mol. The number of hydrogen-bond donors (Lipinski definition) is 2. The number of hydrogen-bond acceptors (Lipinski definition) is 5. The SMILES string of the molecule is CC(C)c1ccccc1C(=S)NC(=O)NCc1cccc(-c2ncn(-c3ccc(OC(F)(F)F)cc3)n2)c1. The zero-order valence-electron chi connectivity index (χ0n) is 20.5. The van der Waals surface area contributed by atoms with Gasteiger partial charge in [0, 0.05) is 17.7 Å². The van der Waals surface area contributed by atoms with Crippen LogP contribution in [-0.2, 0) is 6.54 Å². The first-order valence-electron chi connectivity index (χ1n) is 11.6. The van der Waals surface area contributed by atoms with Gasteiger partial charge in [-0.1, -0.05) is 68.5 Å². The van der Waals surface area contributed by atoms with Gasteiger partial charge in [-0.3, -0.25) is 5.32 Å². The molecule has 0 unspecified atom stereocenters. The highest BCUT2D eigenvalue weighted by Gasteiger charge is 2.31. The molecule has 7 nitrogen and oxygen atoms in total. The van der Waals surface area contributed by atoms with Gasteiger partial charge in [0.2, 0.25) is 0 Å². The lowest BCUT2D eigenvalue weighted by atomic mass is 9.97. The van der Waals surface area contributed by atoms with Crippen LogP contribution in [0.3, 0.4) is 0 Å². The molecule has 0 aliphatic rings. The smallest absolute Gasteiger partial charge is 0.406 e. The summed E-state index contributed by atoms with van der Waals surface area (Å²) in [7, 11) is 0. The van der Waals surface area contributed by atoms with Crippen LogP contribution in [-0.4, -0.2) is 32.1 Å². The van der Waals surface area contributed by atoms with Gasteiger partial charge < -0.3 is 10.1 Å². The lowest BCUT2D eigenvalue weighted by molar-refractivity contribution is -0.274. The summed E-state index contributed by atoms with van der Waals surface area (Å²) < 4.78 is 42.5. The summed E-state index contributed by atoms with van der Waals surface area (Å²) in [6, 6.07) is 19.9. The third-order valence-electron chi connectivity index (χ3n) is 5.52. The van der Waals surface area contributed by atoms with Gasteiger partial charge in [-0.05, 0) is 47.4 Å². The molecular formula is C27H24F3N5O2S. The normalized spacial score (nSPS) is 11.3. The highest BCUT2D eigenvalue weighted by molar-refractivity contribution is 7.80. The minimum Gasteiger partial charge on any atom is -0.406 e. The number of rotatable bonds is 7. The van der Waals surface area contributed by atoms with Crippen LogP contribution in [0.25, 0.3) is 17.1 Å². The van der Waals surface area contributed by atoms with E-state index in [2.05, 4.69) is 39.3 Å². The molecule has 0 aliphatic carbocycles. The Hall–Kier alpha value is -4.25. The molecule has 1 heterocycles. The van der Waals surface area contributed by atoms with E-state index in [1.165, 1.54) is 35.3 Å². The van der Waals surface area contributed by atoms with E-state index in [1.54, 1.807) is 0 Å². The molecule has 3 aromatic carbocycles. The number of halogens is 3. The third-order valence-corrected chi connectivity index (χ3v) is 5.84. The van der Waals surface area contributed by atoms with Crippen LogP contribution >= 0.6 is 12.2 Å². The van der Waals surface area contributed by atoms with Crippen LogP contribution in [0.4, 0.5) is 18.0 Å². The van der Waals surface area contributed by atoms with Crippen LogP contribution in [0, 0.1) is 0 Å². The molecule has 0 bridgehead atoms. The van der Waals surface area contributed by atoms with Gasteiger partial charge in [0.1, 0.15) is 17.1 Å². The van der Waals surface area contributed by atoms with Crippen LogP contribution in [0.2, 0.25) is 0 Å². The standard InChI is InChI=1S/C27H24F3N5O2S/c1-17(2)22-8-3-4-9-23(22)25(38)33-26(36)31-15-18-6-5-7-19(14-18)24-32-16-35(34-24)20-10-12-21(13-11-20)37-27(28,29)30/h3-14,16-17H,15H2,1-2H3,(H2,31,33,36,38). The average molecular weight is 540 g/mol. The number of carbonyl (C=O) groups excluding carboxylic acids is 1. The van der Waals surface area contributed by atoms with E-state index in [-0.39, 0.29) is 18.2 Å². The number of nitrogens with zero attached hydrogens (tertiary/aromatic N) is 3. The maximum Gasteiger partial charge on any atom is 0.573 e. The van der Waals surface area contributed by atoms with E-state index >= 15 is 0 Å². The van der Waals surface area contributed by atoms with Gasteiger partial charge in [0.25, 0.3) is 0 Å². The first-order valence-corrected chi connectivity index (χ1v) is 12.0. The van der Waals surface area contributed by atoms with Gasteiger partial charge in [0.05, 0.1) is 5.69 Å². The highest BCUT2D eigenvalue weighted by atomic mass is 32.1. The molecule has 0 atom stereocenters. The second-order valence-corrected chi connectivity index (χ2v) is 9.04. The van der Waals surface area contributed by atoms with Crippen molar-refractivity contribution in [1.82, 2.24) is 25.4 Å². The van der Waals surface area contributed by atoms with Gasteiger partial charge >= 0.3 is 12.4 Å². The predicted molar refractivity (Wildman–Crippen MR) is 141 cm³/mol. The highest BCUT2D eigenvalue weighted by Crippen LogP contribution is 2.24. The zero-order valence-corrected chi connectivity index (χ0v) is 21.3. The van der Waals surface area contributed by atoms with E-state index in [0.29, 0.717) is 22.1 Å². The fraction of sp³-hybridized carbons (Fsp3) is 0.185. The van der Waals surface area contributed by atoms with Crippen LogP contribution in [0.1, 0.15) is 36.5 Å². The van der Waals surface area contributed by atoms with Crippen molar-refractivity contribution in [3.05, 3.63) is 95.8 Å². The van der Waals surface area contributed by atoms with Crippen molar-refractivity contribution in [3.8, 4) is 22.8 Å². The molecule has 0 saturated carbocycles. The number of carbonyl (C=O) groups is 1. The Morgan fingerprint density at radius 2 is 1.79 bits per heavy atom. The van der Waals surface area contributed by atoms with Crippen LogP contribution < -0.4 is 15.4 Å². The zero-order chi connectivity index (χ0) is 27.3. The average Bonchev–Trinajstić information content (AvgIpc) is 3.37.